The summed E-state index contributed by atoms with van der Waals surface area (Å²) in [4.78, 5) is 19.3. The molecule has 2 aromatic carbocycles. The van der Waals surface area contributed by atoms with E-state index in [-0.39, 0.29) is 11.8 Å². The highest BCUT2D eigenvalue weighted by Crippen LogP contribution is 2.23. The second-order valence-corrected chi connectivity index (χ2v) is 8.73. The van der Waals surface area contributed by atoms with Gasteiger partial charge in [0.15, 0.2) is 0 Å². The van der Waals surface area contributed by atoms with E-state index in [1.165, 1.54) is 5.56 Å². The van der Waals surface area contributed by atoms with Crippen LogP contribution >= 0.6 is 23.2 Å². The number of aryl methyl sites for hydroxylation is 1. The van der Waals surface area contributed by atoms with Crippen LogP contribution < -0.4 is 5.32 Å². The van der Waals surface area contributed by atoms with Crippen molar-refractivity contribution in [2.75, 3.05) is 13.1 Å². The van der Waals surface area contributed by atoms with E-state index in [2.05, 4.69) is 20.4 Å². The lowest BCUT2D eigenvalue weighted by Gasteiger charge is -2.30. The number of nitrogens with zero attached hydrogens (tertiary/aromatic N) is 3. The molecule has 2 heterocycles. The van der Waals surface area contributed by atoms with Gasteiger partial charge in [-0.15, -0.1) is 0 Å². The van der Waals surface area contributed by atoms with E-state index in [1.54, 1.807) is 12.1 Å². The maximum absolute atomic E-state index is 12.6. The van der Waals surface area contributed by atoms with Gasteiger partial charge < -0.3 is 9.84 Å². The Morgan fingerprint density at radius 2 is 1.90 bits per heavy atom. The van der Waals surface area contributed by atoms with Gasteiger partial charge in [-0.05, 0) is 50.6 Å². The molecule has 8 heteroatoms. The lowest BCUT2D eigenvalue weighted by molar-refractivity contribution is -0.126. The Morgan fingerprint density at radius 1 is 1.16 bits per heavy atom. The lowest BCUT2D eigenvalue weighted by atomic mass is 9.96. The molecule has 0 aliphatic carbocycles. The number of hydrogen-bond donors (Lipinski definition) is 1. The van der Waals surface area contributed by atoms with Gasteiger partial charge in [0, 0.05) is 28.1 Å². The normalized spacial score (nSPS) is 15.2. The van der Waals surface area contributed by atoms with E-state index >= 15 is 0 Å². The van der Waals surface area contributed by atoms with E-state index in [9.17, 15) is 4.79 Å². The predicted molar refractivity (Wildman–Crippen MR) is 121 cm³/mol. The minimum absolute atomic E-state index is 0.00636. The summed E-state index contributed by atoms with van der Waals surface area (Å²) >= 11 is 12.1. The fourth-order valence-corrected chi connectivity index (χ4v) is 4.15. The second kappa shape index (κ2) is 9.81. The third-order valence-electron chi connectivity index (χ3n) is 5.56. The van der Waals surface area contributed by atoms with Crippen LogP contribution in [0.1, 0.15) is 29.9 Å². The van der Waals surface area contributed by atoms with E-state index < -0.39 is 0 Å². The van der Waals surface area contributed by atoms with E-state index in [0.717, 1.165) is 37.1 Å². The molecule has 1 N–H and O–H groups in total. The molecule has 1 aromatic heterocycles. The van der Waals surface area contributed by atoms with Crippen LogP contribution in [-0.2, 0) is 17.9 Å². The number of benzene rings is 2. The molecule has 4 rings (SSSR count). The second-order valence-electron chi connectivity index (χ2n) is 7.88. The molecule has 0 saturated carbocycles. The number of piperidine rings is 1. The first-order valence-electron chi connectivity index (χ1n) is 10.3. The molecule has 1 aliphatic rings. The van der Waals surface area contributed by atoms with Gasteiger partial charge in [-0.3, -0.25) is 9.69 Å². The van der Waals surface area contributed by atoms with Gasteiger partial charge >= 0.3 is 0 Å². The Bertz CT molecular complexity index is 1040. The summed E-state index contributed by atoms with van der Waals surface area (Å²) < 4.78 is 5.43. The van der Waals surface area contributed by atoms with Crippen molar-refractivity contribution in [3.8, 4) is 11.4 Å². The largest absolute Gasteiger partial charge is 0.352 e. The molecular weight excluding hydrogens is 435 g/mol. The summed E-state index contributed by atoms with van der Waals surface area (Å²) in [5, 5.41) is 8.23. The Morgan fingerprint density at radius 3 is 2.61 bits per heavy atom. The van der Waals surface area contributed by atoms with E-state index in [0.29, 0.717) is 34.8 Å². The van der Waals surface area contributed by atoms with Crippen molar-refractivity contribution < 1.29 is 9.32 Å². The molecule has 0 radical (unpaired) electrons. The first-order valence-corrected chi connectivity index (χ1v) is 11.1. The zero-order chi connectivity index (χ0) is 21.8. The van der Waals surface area contributed by atoms with Crippen LogP contribution in [0.2, 0.25) is 10.0 Å². The fourth-order valence-electron chi connectivity index (χ4n) is 3.68. The summed E-state index contributed by atoms with van der Waals surface area (Å²) in [5.74, 6) is 1.25. The number of carbonyl (C=O) groups is 1. The number of carbonyl (C=O) groups excluding carboxylic acids is 1. The lowest BCUT2D eigenvalue weighted by Crippen LogP contribution is -2.40. The number of nitrogens with one attached hydrogen (secondary N) is 1. The van der Waals surface area contributed by atoms with Crippen molar-refractivity contribution in [3.05, 3.63) is 69.5 Å². The van der Waals surface area contributed by atoms with Crippen LogP contribution in [0.5, 0.6) is 0 Å². The molecule has 0 spiro atoms. The van der Waals surface area contributed by atoms with Crippen molar-refractivity contribution >= 4 is 29.1 Å². The molecule has 0 bridgehead atoms. The average Bonchev–Trinajstić information content (AvgIpc) is 3.22. The Labute approximate surface area is 191 Å². The zero-order valence-electron chi connectivity index (χ0n) is 17.3. The molecule has 162 valence electrons. The Kier molecular flexibility index (Phi) is 6.90. The molecule has 3 aromatic rings. The van der Waals surface area contributed by atoms with Crippen LogP contribution in [0.4, 0.5) is 0 Å². The summed E-state index contributed by atoms with van der Waals surface area (Å²) in [5.41, 5.74) is 2.99. The van der Waals surface area contributed by atoms with E-state index in [4.69, 9.17) is 27.7 Å². The quantitative estimate of drug-likeness (QED) is 0.569. The van der Waals surface area contributed by atoms with Crippen LogP contribution in [0, 0.1) is 12.8 Å². The van der Waals surface area contributed by atoms with Gasteiger partial charge in [0.1, 0.15) is 0 Å². The van der Waals surface area contributed by atoms with Crippen molar-refractivity contribution in [1.82, 2.24) is 20.4 Å². The molecule has 31 heavy (non-hydrogen) atoms. The SMILES string of the molecule is Cc1ccc(-c2noc(CN3CCC(C(=O)NCc4ccc(Cl)cc4Cl)CC3)n2)cc1. The van der Waals surface area contributed by atoms with Gasteiger partial charge in [-0.2, -0.15) is 4.98 Å². The number of amides is 1. The van der Waals surface area contributed by atoms with Crippen LogP contribution in [0.3, 0.4) is 0 Å². The summed E-state index contributed by atoms with van der Waals surface area (Å²) in [6.07, 6.45) is 1.58. The number of halogens is 2. The van der Waals surface area contributed by atoms with Crippen LogP contribution in [0.25, 0.3) is 11.4 Å². The molecule has 1 aliphatic heterocycles. The van der Waals surface area contributed by atoms with Crippen molar-refractivity contribution in [1.29, 1.82) is 0 Å². The number of aromatic nitrogens is 2. The maximum Gasteiger partial charge on any atom is 0.241 e. The Balaban J connectivity index is 1.25. The predicted octanol–water partition coefficient (Wildman–Crippen LogP) is 4.88. The van der Waals surface area contributed by atoms with Gasteiger partial charge in [-0.25, -0.2) is 0 Å². The summed E-state index contributed by atoms with van der Waals surface area (Å²) in [6, 6.07) is 13.3. The molecule has 1 fully saturated rings. The number of hydrogen-bond acceptors (Lipinski definition) is 5. The van der Waals surface area contributed by atoms with Crippen molar-refractivity contribution in [2.24, 2.45) is 5.92 Å². The molecular formula is C23H24Cl2N4O2. The average molecular weight is 459 g/mol. The Hall–Kier alpha value is -2.41. The highest BCUT2D eigenvalue weighted by atomic mass is 35.5. The maximum atomic E-state index is 12.6. The molecule has 1 saturated heterocycles. The summed E-state index contributed by atoms with van der Waals surface area (Å²) in [7, 11) is 0. The number of likely N-dealkylation sites (tertiary alicyclic amines) is 1. The van der Waals surface area contributed by atoms with Gasteiger partial charge in [-0.1, -0.05) is 64.3 Å². The highest BCUT2D eigenvalue weighted by molar-refractivity contribution is 6.35. The minimum Gasteiger partial charge on any atom is -0.352 e. The zero-order valence-corrected chi connectivity index (χ0v) is 18.8. The molecule has 1 amide bonds. The molecule has 6 nitrogen and oxygen atoms in total. The van der Waals surface area contributed by atoms with Crippen LogP contribution in [0.15, 0.2) is 47.0 Å². The topological polar surface area (TPSA) is 71.3 Å². The van der Waals surface area contributed by atoms with Gasteiger partial charge in [0.2, 0.25) is 17.6 Å². The third kappa shape index (κ3) is 5.64. The third-order valence-corrected chi connectivity index (χ3v) is 6.15. The molecule has 0 atom stereocenters. The standard InChI is InChI=1S/C23H24Cl2N4O2/c1-15-2-4-16(5-3-15)22-27-21(31-28-22)14-29-10-8-17(9-11-29)23(30)26-13-18-6-7-19(24)12-20(18)25/h2-7,12,17H,8-11,13-14H2,1H3,(H,26,30). The smallest absolute Gasteiger partial charge is 0.241 e. The fraction of sp³-hybridized carbons (Fsp3) is 0.348. The van der Waals surface area contributed by atoms with Gasteiger partial charge in [0.05, 0.1) is 6.54 Å². The van der Waals surface area contributed by atoms with Gasteiger partial charge in [0.25, 0.3) is 0 Å². The van der Waals surface area contributed by atoms with Crippen LogP contribution in [-0.4, -0.2) is 34.0 Å². The summed E-state index contributed by atoms with van der Waals surface area (Å²) in [6.45, 7) is 4.65. The minimum atomic E-state index is -0.00636. The van der Waals surface area contributed by atoms with Crippen molar-refractivity contribution in [3.63, 3.8) is 0 Å². The first-order chi connectivity index (χ1) is 15.0. The highest BCUT2D eigenvalue weighted by Gasteiger charge is 2.26. The monoisotopic (exact) mass is 458 g/mol. The molecule has 0 unspecified atom stereocenters. The number of rotatable bonds is 6. The van der Waals surface area contributed by atoms with E-state index in [1.807, 2.05) is 37.3 Å². The van der Waals surface area contributed by atoms with Crippen molar-refractivity contribution in [2.45, 2.75) is 32.9 Å². The first kappa shape index (κ1) is 21.8.